The molecule has 1 atom stereocenters. The predicted molar refractivity (Wildman–Crippen MR) is 109 cm³/mol. The highest BCUT2D eigenvalue weighted by molar-refractivity contribution is 7.97. The second kappa shape index (κ2) is 8.96. The SMILES string of the molecule is O=C1CN(Cc2ccc(F)cc2)C(N2C(=O)CN(Sc3ccccc3)CC2=O)C(=O)N1. The number of benzene rings is 2. The molecule has 1 unspecified atom stereocenters. The summed E-state index contributed by atoms with van der Waals surface area (Å²) in [6.45, 7) is -0.197. The van der Waals surface area contributed by atoms with Gasteiger partial charge in [0.25, 0.3) is 5.91 Å². The number of halogens is 1. The normalized spacial score (nSPS) is 20.8. The average Bonchev–Trinajstić information content (AvgIpc) is 2.72. The second-order valence-corrected chi connectivity index (χ2v) is 8.35. The Labute approximate surface area is 182 Å². The molecule has 2 aromatic rings. The molecule has 10 heteroatoms. The quantitative estimate of drug-likeness (QED) is 0.546. The van der Waals surface area contributed by atoms with Gasteiger partial charge in [-0.15, -0.1) is 0 Å². The van der Waals surface area contributed by atoms with Crippen LogP contribution >= 0.6 is 11.9 Å². The Bertz CT molecular complexity index is 1000. The van der Waals surface area contributed by atoms with E-state index in [1.807, 2.05) is 30.3 Å². The smallest absolute Gasteiger partial charge is 0.265 e. The van der Waals surface area contributed by atoms with Crippen molar-refractivity contribution in [1.82, 2.24) is 19.4 Å². The van der Waals surface area contributed by atoms with E-state index in [4.69, 9.17) is 0 Å². The van der Waals surface area contributed by atoms with E-state index >= 15 is 0 Å². The molecule has 0 saturated carbocycles. The monoisotopic (exact) mass is 442 g/mol. The van der Waals surface area contributed by atoms with E-state index in [0.717, 1.165) is 9.80 Å². The fourth-order valence-corrected chi connectivity index (χ4v) is 4.47. The molecule has 2 heterocycles. The molecule has 2 aromatic carbocycles. The minimum atomic E-state index is -1.24. The number of carbonyl (C=O) groups is 4. The summed E-state index contributed by atoms with van der Waals surface area (Å²) in [5.41, 5.74) is 0.645. The van der Waals surface area contributed by atoms with Crippen LogP contribution in [0, 0.1) is 5.82 Å². The number of hydrogen-bond acceptors (Lipinski definition) is 7. The lowest BCUT2D eigenvalue weighted by Crippen LogP contribution is -2.69. The molecule has 2 fully saturated rings. The highest BCUT2D eigenvalue weighted by Crippen LogP contribution is 2.26. The zero-order valence-corrected chi connectivity index (χ0v) is 17.2. The van der Waals surface area contributed by atoms with E-state index in [9.17, 15) is 23.6 Å². The molecule has 0 spiro atoms. The zero-order valence-electron chi connectivity index (χ0n) is 16.4. The van der Waals surface area contributed by atoms with Crippen LogP contribution in [-0.2, 0) is 25.7 Å². The lowest BCUT2D eigenvalue weighted by atomic mass is 10.1. The van der Waals surface area contributed by atoms with Crippen LogP contribution in [-0.4, -0.2) is 63.5 Å². The Hall–Kier alpha value is -3.08. The largest absolute Gasteiger partial charge is 0.292 e. The Balaban J connectivity index is 1.52. The van der Waals surface area contributed by atoms with Crippen molar-refractivity contribution in [1.29, 1.82) is 0 Å². The summed E-state index contributed by atoms with van der Waals surface area (Å²) in [6.07, 6.45) is -1.24. The third-order valence-corrected chi connectivity index (χ3v) is 5.87. The van der Waals surface area contributed by atoms with Crippen LogP contribution < -0.4 is 5.32 Å². The Morgan fingerprint density at radius 3 is 2.19 bits per heavy atom. The van der Waals surface area contributed by atoms with Crippen molar-refractivity contribution >= 4 is 35.6 Å². The van der Waals surface area contributed by atoms with Gasteiger partial charge in [-0.05, 0) is 41.8 Å². The number of imide groups is 2. The maximum Gasteiger partial charge on any atom is 0.265 e. The topological polar surface area (TPSA) is 90.0 Å². The van der Waals surface area contributed by atoms with Crippen LogP contribution in [0.25, 0.3) is 0 Å². The van der Waals surface area contributed by atoms with Gasteiger partial charge in [0.1, 0.15) is 5.82 Å². The maximum atomic E-state index is 13.2. The first kappa shape index (κ1) is 21.2. The van der Waals surface area contributed by atoms with Crippen molar-refractivity contribution < 1.29 is 23.6 Å². The molecular formula is C21H19FN4O4S. The van der Waals surface area contributed by atoms with Gasteiger partial charge in [-0.3, -0.25) is 34.3 Å². The second-order valence-electron chi connectivity index (χ2n) is 7.18. The number of piperazine rings is 2. The number of hydrogen-bond donors (Lipinski definition) is 1. The zero-order chi connectivity index (χ0) is 22.0. The van der Waals surface area contributed by atoms with E-state index in [1.54, 1.807) is 4.31 Å². The Morgan fingerprint density at radius 2 is 1.55 bits per heavy atom. The van der Waals surface area contributed by atoms with Crippen molar-refractivity contribution in [2.75, 3.05) is 19.6 Å². The van der Waals surface area contributed by atoms with Gasteiger partial charge in [0.2, 0.25) is 17.7 Å². The van der Waals surface area contributed by atoms with Crippen LogP contribution in [0.2, 0.25) is 0 Å². The minimum Gasteiger partial charge on any atom is -0.292 e. The number of nitrogens with one attached hydrogen (secondary N) is 1. The van der Waals surface area contributed by atoms with Gasteiger partial charge in [0, 0.05) is 11.4 Å². The van der Waals surface area contributed by atoms with Crippen LogP contribution in [0.3, 0.4) is 0 Å². The average molecular weight is 442 g/mol. The van der Waals surface area contributed by atoms with Crippen LogP contribution in [0.5, 0.6) is 0 Å². The first-order valence-corrected chi connectivity index (χ1v) is 10.3. The highest BCUT2D eigenvalue weighted by Gasteiger charge is 2.45. The van der Waals surface area contributed by atoms with Crippen LogP contribution in [0.4, 0.5) is 4.39 Å². The molecule has 2 saturated heterocycles. The van der Waals surface area contributed by atoms with Gasteiger partial charge < -0.3 is 0 Å². The van der Waals surface area contributed by atoms with E-state index < -0.39 is 35.6 Å². The predicted octanol–water partition coefficient (Wildman–Crippen LogP) is 0.988. The van der Waals surface area contributed by atoms with E-state index in [-0.39, 0.29) is 26.2 Å². The van der Waals surface area contributed by atoms with Crippen molar-refractivity contribution in [2.45, 2.75) is 17.6 Å². The molecular weight excluding hydrogens is 423 g/mol. The van der Waals surface area contributed by atoms with E-state index in [2.05, 4.69) is 5.32 Å². The summed E-state index contributed by atoms with van der Waals surface area (Å²) in [6, 6.07) is 14.9. The Kier molecular flexibility index (Phi) is 6.12. The fourth-order valence-electron chi connectivity index (χ4n) is 3.54. The van der Waals surface area contributed by atoms with Crippen molar-refractivity contribution in [3.05, 3.63) is 66.0 Å². The summed E-state index contributed by atoms with van der Waals surface area (Å²) in [5.74, 6) is -2.73. The molecule has 0 radical (unpaired) electrons. The molecule has 0 bridgehead atoms. The van der Waals surface area contributed by atoms with Gasteiger partial charge in [-0.2, -0.15) is 0 Å². The summed E-state index contributed by atoms with van der Waals surface area (Å²) >= 11 is 1.29. The van der Waals surface area contributed by atoms with Crippen molar-refractivity contribution in [3.8, 4) is 0 Å². The standard InChI is InChI=1S/C21H19FN4O4S/c22-15-8-6-14(7-9-15)10-24-11-17(27)23-20(30)21(24)26-18(28)12-25(13-19(26)29)31-16-4-2-1-3-5-16/h1-9,21H,10-13H2,(H,23,27,30). The van der Waals surface area contributed by atoms with Gasteiger partial charge in [0.15, 0.2) is 6.17 Å². The van der Waals surface area contributed by atoms with Crippen LogP contribution in [0.15, 0.2) is 59.5 Å². The number of amides is 4. The highest BCUT2D eigenvalue weighted by atomic mass is 32.2. The van der Waals surface area contributed by atoms with E-state index in [0.29, 0.717) is 5.56 Å². The number of carbonyl (C=O) groups excluding carboxylic acids is 4. The minimum absolute atomic E-state index is 0.0621. The lowest BCUT2D eigenvalue weighted by Gasteiger charge is -2.42. The van der Waals surface area contributed by atoms with Crippen LogP contribution in [0.1, 0.15) is 5.56 Å². The van der Waals surface area contributed by atoms with Gasteiger partial charge >= 0.3 is 0 Å². The molecule has 2 aliphatic heterocycles. The number of rotatable bonds is 5. The molecule has 1 N–H and O–H groups in total. The molecule has 0 aliphatic carbocycles. The maximum absolute atomic E-state index is 13.2. The summed E-state index contributed by atoms with van der Waals surface area (Å²) in [7, 11) is 0. The fraction of sp³-hybridized carbons (Fsp3) is 0.238. The Morgan fingerprint density at radius 1 is 0.903 bits per heavy atom. The molecule has 160 valence electrons. The molecule has 4 rings (SSSR count). The summed E-state index contributed by atoms with van der Waals surface area (Å²) < 4.78 is 14.8. The first-order chi connectivity index (χ1) is 14.9. The first-order valence-electron chi connectivity index (χ1n) is 9.56. The molecule has 31 heavy (non-hydrogen) atoms. The van der Waals surface area contributed by atoms with Gasteiger partial charge in [-0.25, -0.2) is 8.70 Å². The lowest BCUT2D eigenvalue weighted by molar-refractivity contribution is -0.167. The molecule has 4 amide bonds. The summed E-state index contributed by atoms with van der Waals surface area (Å²) in [4.78, 5) is 53.6. The third kappa shape index (κ3) is 4.82. The molecule has 8 nitrogen and oxygen atoms in total. The van der Waals surface area contributed by atoms with Gasteiger partial charge in [0.05, 0.1) is 19.6 Å². The van der Waals surface area contributed by atoms with Gasteiger partial charge in [-0.1, -0.05) is 30.3 Å². The molecule has 2 aliphatic rings. The van der Waals surface area contributed by atoms with E-state index in [1.165, 1.54) is 41.1 Å². The third-order valence-electron chi connectivity index (χ3n) is 4.87. The molecule has 0 aromatic heterocycles. The van der Waals surface area contributed by atoms with Crippen molar-refractivity contribution in [2.24, 2.45) is 0 Å². The summed E-state index contributed by atoms with van der Waals surface area (Å²) in [5, 5.41) is 2.20. The number of nitrogens with zero attached hydrogens (tertiary/aromatic N) is 3. The van der Waals surface area contributed by atoms with Crippen molar-refractivity contribution in [3.63, 3.8) is 0 Å².